The first-order valence-electron chi connectivity index (χ1n) is 23.1. The Hall–Kier alpha value is -4.64. The average molecular weight is 1170 g/mol. The average Bonchev–Trinajstić information content (AvgIpc) is 3.52. The fourth-order valence-corrected chi connectivity index (χ4v) is 11.3. The van der Waals surface area contributed by atoms with Crippen molar-refractivity contribution in [1.82, 2.24) is 4.90 Å². The number of alkyl halides is 6. The quantitative estimate of drug-likeness (QED) is 0.0899. The van der Waals surface area contributed by atoms with E-state index in [2.05, 4.69) is 0 Å². The van der Waals surface area contributed by atoms with E-state index in [0.29, 0.717) is 4.90 Å². The van der Waals surface area contributed by atoms with E-state index in [4.69, 9.17) is 112 Å². The number of cyclic esters (lactones) is 1. The van der Waals surface area contributed by atoms with Crippen molar-refractivity contribution in [3.05, 3.63) is 82.9 Å². The van der Waals surface area contributed by atoms with Gasteiger partial charge in [-0.1, -0.05) is 132 Å². The van der Waals surface area contributed by atoms with Crippen LogP contribution in [0.2, 0.25) is 0 Å². The minimum Gasteiger partial charge on any atom is -0.456 e. The lowest BCUT2D eigenvalue weighted by Gasteiger charge is -2.67. The van der Waals surface area contributed by atoms with Gasteiger partial charge in [0.05, 0.1) is 23.5 Å². The van der Waals surface area contributed by atoms with Gasteiger partial charge in [0.1, 0.15) is 49.3 Å². The molecular formula is C49H51Cl6NO19. The Kier molecular flexibility index (Phi) is 16.2. The maximum Gasteiger partial charge on any atom is 0.509 e. The highest BCUT2D eigenvalue weighted by atomic mass is 35.6. The Morgan fingerprint density at radius 1 is 0.813 bits per heavy atom. The van der Waals surface area contributed by atoms with Crippen LogP contribution < -0.4 is 0 Å². The van der Waals surface area contributed by atoms with Crippen LogP contribution in [0.5, 0.6) is 0 Å². The number of aliphatic hydroxyl groups is 2. The van der Waals surface area contributed by atoms with E-state index in [0.717, 1.165) is 6.92 Å². The number of ketones is 1. The first-order valence-corrected chi connectivity index (χ1v) is 25.3. The summed E-state index contributed by atoms with van der Waals surface area (Å²) < 4.78 is 47.7. The second kappa shape index (κ2) is 21.0. The largest absolute Gasteiger partial charge is 0.509 e. The molecule has 2 aliphatic heterocycles. The highest BCUT2D eigenvalue weighted by Gasteiger charge is 2.79. The van der Waals surface area contributed by atoms with E-state index in [1.54, 1.807) is 12.1 Å². The van der Waals surface area contributed by atoms with Gasteiger partial charge in [-0.3, -0.25) is 14.4 Å². The van der Waals surface area contributed by atoms with Crippen LogP contribution in [0, 0.1) is 16.7 Å². The molecule has 0 radical (unpaired) electrons. The first-order chi connectivity index (χ1) is 34.7. The van der Waals surface area contributed by atoms with Crippen molar-refractivity contribution in [2.24, 2.45) is 16.7 Å². The number of aliphatic hydroxyl groups excluding tert-OH is 1. The molecule has 2 saturated heterocycles. The molecule has 0 aromatic heterocycles. The van der Waals surface area contributed by atoms with Gasteiger partial charge in [-0.15, -0.1) is 0 Å². The number of halogens is 6. The number of Topliss-reactive ketones (excluding diaryl/α,β-unsaturated/α-hetero) is 1. The Bertz CT molecular complexity index is 2660. The topological polar surface area (TPSA) is 263 Å². The van der Waals surface area contributed by atoms with E-state index in [-0.39, 0.29) is 22.3 Å². The Balaban J connectivity index is 1.47. The van der Waals surface area contributed by atoms with E-state index in [9.17, 15) is 43.8 Å². The molecule has 75 heavy (non-hydrogen) atoms. The number of hydrogen-bond acceptors (Lipinski definition) is 19. The van der Waals surface area contributed by atoms with E-state index in [1.807, 2.05) is 0 Å². The van der Waals surface area contributed by atoms with Gasteiger partial charge in [0.25, 0.3) is 5.91 Å². The molecule has 7 rings (SSSR count). The SMILES string of the molecule is CC(=O)OC12COC1CC(OC(=O)OCC(Cl)(Cl)Cl)C1(C)C(=O)C(OC(=O)OCC(Cl)(Cl)Cl)C3=C(C)C(OC(=O)C(O)C(c4ccccc4)N4C(=O)OC(C)(C)C4=O)CC(O)(C(OC(=O)c4ccccc4)C21)C3(C)C. The molecule has 20 nitrogen and oxygen atoms in total. The zero-order valence-electron chi connectivity index (χ0n) is 41.0. The molecule has 26 heteroatoms. The summed E-state index contributed by atoms with van der Waals surface area (Å²) in [7, 11) is 0. The van der Waals surface area contributed by atoms with Crippen LogP contribution in [0.3, 0.4) is 0 Å². The minimum atomic E-state index is -2.71. The number of imide groups is 1. The van der Waals surface area contributed by atoms with Crippen LogP contribution in [-0.2, 0) is 61.8 Å². The normalized spacial score (nSPS) is 30.6. The lowest BCUT2D eigenvalue weighted by molar-refractivity contribution is -0.346. The third-order valence-electron chi connectivity index (χ3n) is 14.5. The number of benzene rings is 2. The van der Waals surface area contributed by atoms with Crippen LogP contribution in [-0.4, -0.2) is 144 Å². The minimum absolute atomic E-state index is 0.0762. The summed E-state index contributed by atoms with van der Waals surface area (Å²) in [5, 5.41) is 26.1. The van der Waals surface area contributed by atoms with Crippen LogP contribution >= 0.6 is 69.6 Å². The molecule has 2 N–H and O–H groups in total. The molecule has 2 amide bonds. The number of amides is 2. The molecule has 11 atom stereocenters. The van der Waals surface area contributed by atoms with Gasteiger partial charge in [0.2, 0.25) is 7.59 Å². The summed E-state index contributed by atoms with van der Waals surface area (Å²) in [6.45, 7) is 6.74. The number of esters is 3. The lowest BCUT2D eigenvalue weighted by atomic mass is 9.44. The van der Waals surface area contributed by atoms with Crippen molar-refractivity contribution in [2.45, 2.75) is 128 Å². The number of nitrogens with zero attached hydrogens (tertiary/aromatic N) is 1. The van der Waals surface area contributed by atoms with Gasteiger partial charge >= 0.3 is 36.3 Å². The summed E-state index contributed by atoms with van der Waals surface area (Å²) in [5.74, 6) is -7.52. The third kappa shape index (κ3) is 11.0. The summed E-state index contributed by atoms with van der Waals surface area (Å²) in [5.41, 5.74) is -11.3. The predicted molar refractivity (Wildman–Crippen MR) is 263 cm³/mol. The molecule has 5 aliphatic rings. The fraction of sp³-hybridized carbons (Fsp3) is 0.551. The smallest absolute Gasteiger partial charge is 0.456 e. The summed E-state index contributed by atoms with van der Waals surface area (Å²) in [4.78, 5) is 114. The number of hydrogen-bond donors (Lipinski definition) is 2. The summed E-state index contributed by atoms with van der Waals surface area (Å²) in [6, 6.07) is 13.1. The lowest BCUT2D eigenvalue weighted by Crippen LogP contribution is -2.82. The Morgan fingerprint density at radius 2 is 1.37 bits per heavy atom. The molecule has 3 aliphatic carbocycles. The predicted octanol–water partition coefficient (Wildman–Crippen LogP) is 7.55. The Morgan fingerprint density at radius 3 is 1.88 bits per heavy atom. The molecular weight excluding hydrogens is 1120 g/mol. The molecule has 2 bridgehead atoms. The van der Waals surface area contributed by atoms with Gasteiger partial charge in [0, 0.05) is 25.2 Å². The molecule has 0 spiro atoms. The number of rotatable bonds is 12. The monoisotopic (exact) mass is 1170 g/mol. The van der Waals surface area contributed by atoms with Crippen molar-refractivity contribution in [3.63, 3.8) is 0 Å². The molecule has 11 unspecified atom stereocenters. The first kappa shape index (κ1) is 58.1. The zero-order chi connectivity index (χ0) is 55.6. The molecule has 2 aromatic rings. The van der Waals surface area contributed by atoms with Gasteiger partial charge in [-0.2, -0.15) is 0 Å². The highest BCUT2D eigenvalue weighted by Crippen LogP contribution is 2.65. The second-order valence-electron chi connectivity index (χ2n) is 19.9. The van der Waals surface area contributed by atoms with Gasteiger partial charge < -0.3 is 52.8 Å². The van der Waals surface area contributed by atoms with Crippen molar-refractivity contribution in [1.29, 1.82) is 0 Å². The van der Waals surface area contributed by atoms with E-state index in [1.165, 1.54) is 90.1 Å². The summed E-state index contributed by atoms with van der Waals surface area (Å²) >= 11 is 35.4. The van der Waals surface area contributed by atoms with Crippen LogP contribution in [0.25, 0.3) is 0 Å². The number of ether oxygens (including phenoxy) is 9. The van der Waals surface area contributed by atoms with Crippen LogP contribution in [0.4, 0.5) is 14.4 Å². The molecule has 2 aromatic carbocycles. The van der Waals surface area contributed by atoms with Crippen molar-refractivity contribution in [3.8, 4) is 0 Å². The highest BCUT2D eigenvalue weighted by molar-refractivity contribution is 6.68. The number of carbonyl (C=O) groups excluding carboxylic acids is 8. The molecule has 2 saturated carbocycles. The maximum absolute atomic E-state index is 16.3. The van der Waals surface area contributed by atoms with E-state index >= 15 is 4.79 Å². The van der Waals surface area contributed by atoms with Gasteiger partial charge in [-0.05, 0) is 56.5 Å². The van der Waals surface area contributed by atoms with Gasteiger partial charge in [0.15, 0.2) is 29.2 Å². The van der Waals surface area contributed by atoms with Gasteiger partial charge in [-0.25, -0.2) is 28.9 Å². The van der Waals surface area contributed by atoms with Crippen molar-refractivity contribution >= 4 is 118 Å². The molecule has 2 heterocycles. The van der Waals surface area contributed by atoms with E-state index < -0.39 is 164 Å². The zero-order valence-corrected chi connectivity index (χ0v) is 45.5. The summed E-state index contributed by atoms with van der Waals surface area (Å²) in [6.07, 6.45) is -17.3. The molecule has 4 fully saturated rings. The van der Waals surface area contributed by atoms with Crippen molar-refractivity contribution in [2.75, 3.05) is 19.8 Å². The Labute approximate surface area is 459 Å². The fourth-order valence-electron chi connectivity index (χ4n) is 10.9. The molecule has 408 valence electrons. The second-order valence-corrected chi connectivity index (χ2v) is 25.0. The maximum atomic E-state index is 16.3. The third-order valence-corrected chi connectivity index (χ3v) is 15.2. The van der Waals surface area contributed by atoms with Crippen LogP contribution in [0.15, 0.2) is 71.8 Å². The standard InChI is InChI=1S/C49H51Cl6NO19/c1-23-27(70-38(61)32(58)31(25-14-10-8-11-15-25)56-39(62)44(5,6)75-40(56)63)19-47(66)36(73-37(60)26-16-12-9-13-17-26)34-45(7,35(59)33(30(23)43(47,3)4)72-42(65)69-22-49(53,54)55)28(71-41(64)68-21-48(50,51)52)18-29-46(34,20-67-29)74-24(2)57/h8-17,27-29,31-34,36,58,66H,18-22H2,1-7H3. The number of carbonyl (C=O) groups is 8. The van der Waals surface area contributed by atoms with Crippen molar-refractivity contribution < 1.29 is 91.2 Å². The number of fused-ring (bicyclic) bond motifs is 5. The van der Waals surface area contributed by atoms with Crippen LogP contribution in [0.1, 0.15) is 83.3 Å².